The fourth-order valence-corrected chi connectivity index (χ4v) is 2.47. The molecule has 20 heavy (non-hydrogen) atoms. The maximum absolute atomic E-state index is 12.1. The predicted molar refractivity (Wildman–Crippen MR) is 80.0 cm³/mol. The second-order valence-corrected chi connectivity index (χ2v) is 6.43. The number of rotatable bonds is 6. The topological polar surface area (TPSA) is 75.4 Å². The van der Waals surface area contributed by atoms with E-state index in [0.717, 1.165) is 25.7 Å². The quantitative estimate of drug-likeness (QED) is 0.767. The van der Waals surface area contributed by atoms with E-state index in [1.54, 1.807) is 7.05 Å². The van der Waals surface area contributed by atoms with Crippen LogP contribution in [0.2, 0.25) is 0 Å². The van der Waals surface area contributed by atoms with E-state index < -0.39 is 0 Å². The highest BCUT2D eigenvalue weighted by molar-refractivity contribution is 5.84. The second-order valence-electron chi connectivity index (χ2n) is 6.43. The number of nitrogens with zero attached hydrogens (tertiary/aromatic N) is 1. The summed E-state index contributed by atoms with van der Waals surface area (Å²) in [6.07, 6.45) is 4.62. The molecule has 0 saturated heterocycles. The van der Waals surface area contributed by atoms with Crippen LogP contribution < -0.4 is 11.1 Å². The third-order valence-corrected chi connectivity index (χ3v) is 3.87. The van der Waals surface area contributed by atoms with Crippen LogP contribution in [0, 0.1) is 11.8 Å². The van der Waals surface area contributed by atoms with Crippen LogP contribution in [0.3, 0.4) is 0 Å². The summed E-state index contributed by atoms with van der Waals surface area (Å²) in [4.78, 5) is 25.3. The van der Waals surface area contributed by atoms with Crippen molar-refractivity contribution in [1.82, 2.24) is 10.2 Å². The molecule has 0 aromatic rings. The number of carbonyl (C=O) groups is 2. The van der Waals surface area contributed by atoms with Gasteiger partial charge in [0.1, 0.15) is 0 Å². The molecule has 1 rings (SSSR count). The zero-order chi connectivity index (χ0) is 15.1. The van der Waals surface area contributed by atoms with Crippen molar-refractivity contribution in [2.45, 2.75) is 52.0 Å². The molecule has 116 valence electrons. The van der Waals surface area contributed by atoms with Crippen molar-refractivity contribution >= 4 is 11.8 Å². The van der Waals surface area contributed by atoms with Gasteiger partial charge in [-0.3, -0.25) is 9.59 Å². The largest absolute Gasteiger partial charge is 0.354 e. The Kier molecular flexibility index (Phi) is 6.99. The molecule has 1 fully saturated rings. The molecular weight excluding hydrogens is 254 g/mol. The van der Waals surface area contributed by atoms with Crippen molar-refractivity contribution in [2.75, 3.05) is 20.1 Å². The summed E-state index contributed by atoms with van der Waals surface area (Å²) in [7, 11) is 1.70. The van der Waals surface area contributed by atoms with Gasteiger partial charge in [0.05, 0.1) is 6.54 Å². The lowest BCUT2D eigenvalue weighted by molar-refractivity contribution is -0.135. The zero-order valence-electron chi connectivity index (χ0n) is 13.0. The lowest BCUT2D eigenvalue weighted by atomic mass is 9.84. The zero-order valence-corrected chi connectivity index (χ0v) is 13.0. The average Bonchev–Trinajstić information content (AvgIpc) is 2.39. The molecule has 0 unspecified atom stereocenters. The first-order valence-corrected chi connectivity index (χ1v) is 7.64. The van der Waals surface area contributed by atoms with Crippen LogP contribution in [0.15, 0.2) is 0 Å². The summed E-state index contributed by atoms with van der Waals surface area (Å²) in [6, 6.07) is 0.306. The van der Waals surface area contributed by atoms with Gasteiger partial charge in [0.2, 0.25) is 11.8 Å². The molecule has 2 amide bonds. The van der Waals surface area contributed by atoms with Crippen molar-refractivity contribution in [2.24, 2.45) is 17.6 Å². The molecule has 5 heteroatoms. The van der Waals surface area contributed by atoms with E-state index in [4.69, 9.17) is 5.73 Å². The highest BCUT2D eigenvalue weighted by Crippen LogP contribution is 2.26. The summed E-state index contributed by atoms with van der Waals surface area (Å²) < 4.78 is 0. The molecule has 0 aromatic carbocycles. The Labute approximate surface area is 122 Å². The van der Waals surface area contributed by atoms with Crippen molar-refractivity contribution in [3.8, 4) is 0 Å². The van der Waals surface area contributed by atoms with Gasteiger partial charge in [-0.2, -0.15) is 0 Å². The maximum Gasteiger partial charge on any atom is 0.239 e. The van der Waals surface area contributed by atoms with Crippen LogP contribution >= 0.6 is 0 Å². The Hall–Kier alpha value is -1.10. The van der Waals surface area contributed by atoms with Gasteiger partial charge in [-0.05, 0) is 37.5 Å². The highest BCUT2D eigenvalue weighted by atomic mass is 16.2. The van der Waals surface area contributed by atoms with Gasteiger partial charge in [-0.25, -0.2) is 0 Å². The fourth-order valence-electron chi connectivity index (χ4n) is 2.47. The van der Waals surface area contributed by atoms with Crippen LogP contribution in [-0.4, -0.2) is 42.9 Å². The molecule has 0 aliphatic heterocycles. The van der Waals surface area contributed by atoms with Gasteiger partial charge in [0.25, 0.3) is 0 Å². The van der Waals surface area contributed by atoms with Crippen LogP contribution in [0.4, 0.5) is 0 Å². The summed E-state index contributed by atoms with van der Waals surface area (Å²) in [5.41, 5.74) is 5.86. The molecule has 0 heterocycles. The number of carbonyl (C=O) groups excluding carboxylic acids is 2. The van der Waals surface area contributed by atoms with Crippen LogP contribution in [-0.2, 0) is 9.59 Å². The minimum absolute atomic E-state index is 0.0603. The third-order valence-electron chi connectivity index (χ3n) is 3.87. The van der Waals surface area contributed by atoms with Crippen LogP contribution in [0.25, 0.3) is 0 Å². The first kappa shape index (κ1) is 17.0. The van der Waals surface area contributed by atoms with Gasteiger partial charge in [0.15, 0.2) is 0 Å². The van der Waals surface area contributed by atoms with Gasteiger partial charge in [-0.1, -0.05) is 13.8 Å². The first-order chi connectivity index (χ1) is 9.38. The Morgan fingerprint density at radius 1 is 1.25 bits per heavy atom. The number of nitrogens with two attached hydrogens (primary N) is 1. The van der Waals surface area contributed by atoms with Crippen LogP contribution in [0.1, 0.15) is 46.0 Å². The number of nitrogens with one attached hydrogen (secondary N) is 1. The molecule has 1 aliphatic carbocycles. The monoisotopic (exact) mass is 283 g/mol. The van der Waals surface area contributed by atoms with Gasteiger partial charge < -0.3 is 16.0 Å². The summed E-state index contributed by atoms with van der Waals surface area (Å²) >= 11 is 0. The lowest BCUT2D eigenvalue weighted by Crippen LogP contribution is -2.40. The minimum Gasteiger partial charge on any atom is -0.354 e. The number of hydrogen-bond donors (Lipinski definition) is 2. The molecule has 3 N–H and O–H groups in total. The Morgan fingerprint density at radius 3 is 2.40 bits per heavy atom. The molecule has 0 aromatic heterocycles. The minimum atomic E-state index is -0.0831. The fraction of sp³-hybridized carbons (Fsp3) is 0.867. The Balaban J connectivity index is 2.26. The van der Waals surface area contributed by atoms with Gasteiger partial charge in [0, 0.05) is 26.1 Å². The molecule has 0 radical (unpaired) electrons. The normalized spacial score (nSPS) is 22.6. The van der Waals surface area contributed by atoms with Crippen molar-refractivity contribution in [3.63, 3.8) is 0 Å². The summed E-state index contributed by atoms with van der Waals surface area (Å²) in [6.45, 7) is 4.89. The third kappa shape index (κ3) is 6.37. The first-order valence-electron chi connectivity index (χ1n) is 7.64. The van der Waals surface area contributed by atoms with E-state index in [2.05, 4.69) is 5.32 Å². The smallest absolute Gasteiger partial charge is 0.239 e. The van der Waals surface area contributed by atoms with Crippen molar-refractivity contribution < 1.29 is 9.59 Å². The average molecular weight is 283 g/mol. The lowest BCUT2D eigenvalue weighted by Gasteiger charge is -2.27. The molecule has 5 nitrogen and oxygen atoms in total. The SMILES string of the molecule is CC(C)CNC(=O)CN(C)C(=O)CC1CCC(N)CC1. The van der Waals surface area contributed by atoms with Crippen LogP contribution in [0.5, 0.6) is 0 Å². The standard InChI is InChI=1S/C15H29N3O2/c1-11(2)9-17-14(19)10-18(3)15(20)8-12-4-6-13(16)7-5-12/h11-13H,4-10,16H2,1-3H3,(H,17,19). The van der Waals surface area contributed by atoms with E-state index in [-0.39, 0.29) is 18.4 Å². The van der Waals surface area contributed by atoms with E-state index in [1.807, 2.05) is 13.8 Å². The highest BCUT2D eigenvalue weighted by Gasteiger charge is 2.23. The van der Waals surface area contributed by atoms with E-state index in [0.29, 0.717) is 30.8 Å². The predicted octanol–water partition coefficient (Wildman–Crippen LogP) is 1.12. The molecule has 0 spiro atoms. The van der Waals surface area contributed by atoms with Gasteiger partial charge in [-0.15, -0.1) is 0 Å². The number of amides is 2. The van der Waals surface area contributed by atoms with Crippen molar-refractivity contribution in [1.29, 1.82) is 0 Å². The van der Waals surface area contributed by atoms with E-state index >= 15 is 0 Å². The molecule has 0 bridgehead atoms. The van der Waals surface area contributed by atoms with Crippen molar-refractivity contribution in [3.05, 3.63) is 0 Å². The molecule has 1 aliphatic rings. The van der Waals surface area contributed by atoms with Gasteiger partial charge >= 0.3 is 0 Å². The molecule has 0 atom stereocenters. The molecule has 1 saturated carbocycles. The number of likely N-dealkylation sites (N-methyl/N-ethyl adjacent to an activating group) is 1. The second kappa shape index (κ2) is 8.25. The summed E-state index contributed by atoms with van der Waals surface area (Å²) in [5.74, 6) is 0.834. The number of hydrogen-bond acceptors (Lipinski definition) is 3. The Bertz CT molecular complexity index is 323. The Morgan fingerprint density at radius 2 is 1.85 bits per heavy atom. The maximum atomic E-state index is 12.1. The van der Waals surface area contributed by atoms with E-state index in [9.17, 15) is 9.59 Å². The molecular formula is C15H29N3O2. The summed E-state index contributed by atoms with van der Waals surface area (Å²) in [5, 5.41) is 2.83. The van der Waals surface area contributed by atoms with E-state index in [1.165, 1.54) is 4.90 Å².